The van der Waals surface area contributed by atoms with Gasteiger partial charge in [-0.15, -0.1) is 0 Å². The molecule has 2 aromatic heterocycles. The van der Waals surface area contributed by atoms with Gasteiger partial charge in [-0.3, -0.25) is 14.9 Å². The summed E-state index contributed by atoms with van der Waals surface area (Å²) in [5, 5.41) is 17.9. The molecule has 0 aliphatic heterocycles. The molecule has 0 unspecified atom stereocenters. The van der Waals surface area contributed by atoms with Gasteiger partial charge in [-0.2, -0.15) is 5.10 Å². The van der Waals surface area contributed by atoms with E-state index >= 15 is 0 Å². The van der Waals surface area contributed by atoms with Crippen LogP contribution in [0.25, 0.3) is 5.65 Å². The van der Waals surface area contributed by atoms with Crippen LogP contribution >= 0.6 is 15.9 Å². The molecule has 2 heterocycles. The van der Waals surface area contributed by atoms with Crippen molar-refractivity contribution in [3.63, 3.8) is 0 Å². The van der Waals surface area contributed by atoms with Crippen molar-refractivity contribution in [2.75, 3.05) is 11.9 Å². The summed E-state index contributed by atoms with van der Waals surface area (Å²) in [4.78, 5) is 27.3. The second kappa shape index (κ2) is 6.85. The minimum atomic E-state index is -0.593. The second-order valence-electron chi connectivity index (χ2n) is 4.87. The van der Waals surface area contributed by atoms with Crippen LogP contribution in [0.2, 0.25) is 0 Å². The van der Waals surface area contributed by atoms with Crippen molar-refractivity contribution in [3.05, 3.63) is 56.9 Å². The first kappa shape index (κ1) is 16.8. The highest BCUT2D eigenvalue weighted by Crippen LogP contribution is 2.30. The van der Waals surface area contributed by atoms with Gasteiger partial charge in [0.15, 0.2) is 11.3 Å². The van der Waals surface area contributed by atoms with Gasteiger partial charge in [0.1, 0.15) is 11.4 Å². The van der Waals surface area contributed by atoms with Gasteiger partial charge in [-0.25, -0.2) is 9.50 Å². The molecule has 1 N–H and O–H groups in total. The van der Waals surface area contributed by atoms with E-state index in [4.69, 9.17) is 4.74 Å². The minimum Gasteiger partial charge on any atom is -0.494 e. The van der Waals surface area contributed by atoms with E-state index < -0.39 is 10.8 Å². The van der Waals surface area contributed by atoms with Crippen LogP contribution in [-0.4, -0.2) is 32.0 Å². The third-order valence-corrected chi connectivity index (χ3v) is 4.01. The summed E-state index contributed by atoms with van der Waals surface area (Å²) in [6.07, 6.45) is 3.21. The number of nitro benzene ring substituents is 1. The Morgan fingerprint density at radius 2 is 2.28 bits per heavy atom. The Hall–Kier alpha value is -3.01. The highest BCUT2D eigenvalue weighted by Gasteiger charge is 2.22. The van der Waals surface area contributed by atoms with Crippen LogP contribution in [0.15, 0.2) is 41.1 Å². The summed E-state index contributed by atoms with van der Waals surface area (Å²) in [7, 11) is 0. The van der Waals surface area contributed by atoms with Crippen LogP contribution in [0.1, 0.15) is 17.4 Å². The first-order valence-electron chi connectivity index (χ1n) is 7.22. The topological polar surface area (TPSA) is 112 Å². The number of nitrogens with zero attached hydrogens (tertiary/aromatic N) is 4. The molecule has 0 spiro atoms. The predicted octanol–water partition coefficient (Wildman–Crippen LogP) is 3.05. The van der Waals surface area contributed by atoms with E-state index in [0.717, 1.165) is 0 Å². The largest absolute Gasteiger partial charge is 0.494 e. The fourth-order valence-electron chi connectivity index (χ4n) is 2.21. The van der Waals surface area contributed by atoms with Gasteiger partial charge in [-0.1, -0.05) is 0 Å². The number of amides is 1. The third kappa shape index (κ3) is 3.29. The van der Waals surface area contributed by atoms with Crippen molar-refractivity contribution >= 4 is 38.9 Å². The molecule has 1 aromatic carbocycles. The summed E-state index contributed by atoms with van der Waals surface area (Å²) >= 11 is 3.28. The molecule has 3 aromatic rings. The number of hydrogen-bond acceptors (Lipinski definition) is 6. The molecule has 128 valence electrons. The van der Waals surface area contributed by atoms with E-state index in [-0.39, 0.29) is 17.1 Å². The Balaban J connectivity index is 1.94. The zero-order chi connectivity index (χ0) is 18.0. The van der Waals surface area contributed by atoms with Crippen molar-refractivity contribution in [2.24, 2.45) is 0 Å². The van der Waals surface area contributed by atoms with Crippen LogP contribution in [-0.2, 0) is 0 Å². The SMILES string of the molecule is CCOc1ccc(NC(=O)c2nn3cccnc3c2Br)c([N+](=O)[O-])c1. The maximum absolute atomic E-state index is 12.5. The standard InChI is InChI=1S/C15H12BrN5O4/c1-2-25-9-4-5-10(11(8-9)21(23)24)18-15(22)13-12(16)14-17-6-3-7-20(14)19-13/h3-8H,2H2,1H3,(H,18,22). The molecule has 0 atom stereocenters. The fourth-order valence-corrected chi connectivity index (χ4v) is 2.75. The maximum Gasteiger partial charge on any atom is 0.296 e. The molecule has 0 saturated carbocycles. The highest BCUT2D eigenvalue weighted by molar-refractivity contribution is 9.10. The lowest BCUT2D eigenvalue weighted by atomic mass is 10.2. The minimum absolute atomic E-state index is 0.0513. The van der Waals surface area contributed by atoms with Crippen molar-refractivity contribution in [1.29, 1.82) is 0 Å². The number of fused-ring (bicyclic) bond motifs is 1. The molecule has 0 bridgehead atoms. The van der Waals surface area contributed by atoms with Crippen molar-refractivity contribution < 1.29 is 14.5 Å². The van der Waals surface area contributed by atoms with Gasteiger partial charge in [0.05, 0.1) is 22.1 Å². The summed E-state index contributed by atoms with van der Waals surface area (Å²) in [6.45, 7) is 2.15. The number of nitro groups is 1. The first-order chi connectivity index (χ1) is 12.0. The van der Waals surface area contributed by atoms with Crippen LogP contribution < -0.4 is 10.1 Å². The lowest BCUT2D eigenvalue weighted by Crippen LogP contribution is -2.14. The Labute approximate surface area is 149 Å². The second-order valence-corrected chi connectivity index (χ2v) is 5.67. The molecule has 0 saturated heterocycles. The lowest BCUT2D eigenvalue weighted by Gasteiger charge is -2.07. The molecule has 0 aliphatic carbocycles. The van der Waals surface area contributed by atoms with E-state index in [9.17, 15) is 14.9 Å². The lowest BCUT2D eigenvalue weighted by molar-refractivity contribution is -0.384. The van der Waals surface area contributed by atoms with E-state index in [1.165, 1.54) is 16.6 Å². The summed E-state index contributed by atoms with van der Waals surface area (Å²) in [5.74, 6) is -0.241. The van der Waals surface area contributed by atoms with Crippen LogP contribution in [0.3, 0.4) is 0 Å². The van der Waals surface area contributed by atoms with Crippen molar-refractivity contribution in [2.45, 2.75) is 6.92 Å². The van der Waals surface area contributed by atoms with Gasteiger partial charge in [0.25, 0.3) is 11.6 Å². The number of aromatic nitrogens is 3. The van der Waals surface area contributed by atoms with Gasteiger partial charge < -0.3 is 10.1 Å². The monoisotopic (exact) mass is 405 g/mol. The average molecular weight is 406 g/mol. The Bertz CT molecular complexity index is 972. The van der Waals surface area contributed by atoms with E-state index in [1.54, 1.807) is 31.5 Å². The zero-order valence-corrected chi connectivity index (χ0v) is 14.6. The molecule has 9 nitrogen and oxygen atoms in total. The maximum atomic E-state index is 12.5. The first-order valence-corrected chi connectivity index (χ1v) is 8.02. The molecule has 1 amide bonds. The van der Waals surface area contributed by atoms with Gasteiger partial charge in [0.2, 0.25) is 0 Å². The number of anilines is 1. The van der Waals surface area contributed by atoms with Crippen LogP contribution in [0, 0.1) is 10.1 Å². The Kier molecular flexibility index (Phi) is 4.61. The zero-order valence-electron chi connectivity index (χ0n) is 13.0. The molecule has 10 heteroatoms. The Morgan fingerprint density at radius 3 is 2.96 bits per heavy atom. The summed E-state index contributed by atoms with van der Waals surface area (Å²) in [5.41, 5.74) is 0.323. The third-order valence-electron chi connectivity index (χ3n) is 3.28. The quantitative estimate of drug-likeness (QED) is 0.515. The van der Waals surface area contributed by atoms with E-state index in [1.807, 2.05) is 0 Å². The van der Waals surface area contributed by atoms with Crippen molar-refractivity contribution in [3.8, 4) is 5.75 Å². The molecular formula is C15H12BrN5O4. The molecule has 0 aliphatic rings. The molecule has 0 fully saturated rings. The molecular weight excluding hydrogens is 394 g/mol. The number of rotatable bonds is 5. The van der Waals surface area contributed by atoms with Gasteiger partial charge >= 0.3 is 0 Å². The van der Waals surface area contributed by atoms with Crippen LogP contribution in [0.4, 0.5) is 11.4 Å². The van der Waals surface area contributed by atoms with Gasteiger partial charge in [-0.05, 0) is 41.1 Å². The number of carbonyl (C=O) groups is 1. The van der Waals surface area contributed by atoms with E-state index in [0.29, 0.717) is 22.5 Å². The normalized spacial score (nSPS) is 10.6. The predicted molar refractivity (Wildman–Crippen MR) is 92.9 cm³/mol. The number of benzene rings is 1. The molecule has 0 radical (unpaired) electrons. The molecule has 3 rings (SSSR count). The van der Waals surface area contributed by atoms with E-state index in [2.05, 4.69) is 31.3 Å². The number of carbonyl (C=O) groups excluding carboxylic acids is 1. The fraction of sp³-hybridized carbons (Fsp3) is 0.133. The average Bonchev–Trinajstić information content (AvgIpc) is 2.93. The number of halogens is 1. The van der Waals surface area contributed by atoms with Crippen molar-refractivity contribution in [1.82, 2.24) is 14.6 Å². The number of ether oxygens (including phenoxy) is 1. The number of hydrogen-bond donors (Lipinski definition) is 1. The van der Waals surface area contributed by atoms with Crippen LogP contribution in [0.5, 0.6) is 5.75 Å². The smallest absolute Gasteiger partial charge is 0.296 e. The van der Waals surface area contributed by atoms with Gasteiger partial charge in [0, 0.05) is 12.4 Å². The summed E-state index contributed by atoms with van der Waals surface area (Å²) in [6, 6.07) is 5.90. The number of nitrogens with one attached hydrogen (secondary N) is 1. The summed E-state index contributed by atoms with van der Waals surface area (Å²) < 4.78 is 7.09. The molecule has 25 heavy (non-hydrogen) atoms. The highest BCUT2D eigenvalue weighted by atomic mass is 79.9. The Morgan fingerprint density at radius 1 is 1.48 bits per heavy atom.